The summed E-state index contributed by atoms with van der Waals surface area (Å²) in [6.45, 7) is 5.51. The molecule has 0 aromatic carbocycles. The molecule has 0 unspecified atom stereocenters. The Morgan fingerprint density at radius 3 is 1.93 bits per heavy atom. The number of piperazine rings is 2. The first-order chi connectivity index (χ1) is 12.4. The number of hydrogen-bond acceptors (Lipinski definition) is 6. The summed E-state index contributed by atoms with van der Waals surface area (Å²) in [6, 6.07) is 0. The highest BCUT2D eigenvalue weighted by Gasteiger charge is 2.43. The van der Waals surface area contributed by atoms with Crippen molar-refractivity contribution in [3.05, 3.63) is 0 Å². The van der Waals surface area contributed by atoms with Crippen molar-refractivity contribution in [1.82, 2.24) is 18.4 Å². The molecule has 2 N–H and O–H groups in total. The maximum atomic E-state index is 13.0. The van der Waals surface area contributed by atoms with Gasteiger partial charge < -0.3 is 20.3 Å². The molecule has 0 radical (unpaired) electrons. The minimum atomic E-state index is -3.45. The van der Waals surface area contributed by atoms with Crippen molar-refractivity contribution >= 4 is 28.5 Å². The fourth-order valence-corrected chi connectivity index (χ4v) is 5.48. The zero-order valence-electron chi connectivity index (χ0n) is 16.0. The fourth-order valence-electron chi connectivity index (χ4n) is 3.91. The summed E-state index contributed by atoms with van der Waals surface area (Å²) in [5.74, 6) is 0.0555. The van der Waals surface area contributed by atoms with E-state index in [-0.39, 0.29) is 18.3 Å². The third-order valence-corrected chi connectivity index (χ3v) is 7.97. The minimum absolute atomic E-state index is 0. The van der Waals surface area contributed by atoms with Gasteiger partial charge >= 0.3 is 0 Å². The Balaban J connectivity index is 0.00000261. The van der Waals surface area contributed by atoms with Gasteiger partial charge in [-0.1, -0.05) is 0 Å². The molecule has 27 heavy (non-hydrogen) atoms. The molecular formula is C16H32ClN5O4S. The van der Waals surface area contributed by atoms with E-state index >= 15 is 0 Å². The summed E-state index contributed by atoms with van der Waals surface area (Å²) in [5.41, 5.74) is 5.39. The van der Waals surface area contributed by atoms with E-state index in [4.69, 9.17) is 10.5 Å². The van der Waals surface area contributed by atoms with Crippen molar-refractivity contribution in [3.8, 4) is 0 Å². The number of amides is 1. The van der Waals surface area contributed by atoms with Crippen LogP contribution in [0, 0.1) is 5.41 Å². The van der Waals surface area contributed by atoms with E-state index in [1.165, 1.54) is 4.31 Å². The summed E-state index contributed by atoms with van der Waals surface area (Å²) in [6.07, 6.45) is 1.28. The maximum Gasteiger partial charge on any atom is 0.282 e. The van der Waals surface area contributed by atoms with Gasteiger partial charge in [0.2, 0.25) is 5.91 Å². The lowest BCUT2D eigenvalue weighted by atomic mass is 9.78. The second kappa shape index (κ2) is 9.34. The van der Waals surface area contributed by atoms with E-state index < -0.39 is 15.6 Å². The topological polar surface area (TPSA) is 99.4 Å². The van der Waals surface area contributed by atoms with E-state index in [9.17, 15) is 13.2 Å². The van der Waals surface area contributed by atoms with Gasteiger partial charge in [-0.15, -0.1) is 12.4 Å². The number of hydrogen-bond donors (Lipinski definition) is 1. The predicted octanol–water partition coefficient (Wildman–Crippen LogP) is -1.20. The minimum Gasteiger partial charge on any atom is -0.381 e. The van der Waals surface area contributed by atoms with E-state index in [0.29, 0.717) is 71.9 Å². The Morgan fingerprint density at radius 1 is 0.963 bits per heavy atom. The molecule has 0 spiro atoms. The van der Waals surface area contributed by atoms with E-state index in [1.807, 2.05) is 7.05 Å². The molecule has 1 amide bonds. The molecule has 11 heteroatoms. The van der Waals surface area contributed by atoms with Crippen LogP contribution in [-0.4, -0.2) is 112 Å². The molecule has 9 nitrogen and oxygen atoms in total. The fraction of sp³-hybridized carbons (Fsp3) is 0.938. The zero-order chi connectivity index (χ0) is 18.8. The van der Waals surface area contributed by atoms with Gasteiger partial charge in [-0.25, -0.2) is 0 Å². The summed E-state index contributed by atoms with van der Waals surface area (Å²) in [4.78, 5) is 16.9. The average molecular weight is 426 g/mol. The van der Waals surface area contributed by atoms with Crippen molar-refractivity contribution in [2.24, 2.45) is 11.1 Å². The molecule has 3 saturated heterocycles. The van der Waals surface area contributed by atoms with Crippen LogP contribution in [0.5, 0.6) is 0 Å². The Kier molecular flexibility index (Phi) is 7.88. The van der Waals surface area contributed by atoms with Crippen LogP contribution in [0.4, 0.5) is 0 Å². The normalized spacial score (nSPS) is 25.8. The van der Waals surface area contributed by atoms with Crippen LogP contribution in [0.3, 0.4) is 0 Å². The molecule has 0 saturated carbocycles. The van der Waals surface area contributed by atoms with Gasteiger partial charge in [0.05, 0.1) is 5.41 Å². The molecule has 158 valence electrons. The van der Waals surface area contributed by atoms with Crippen molar-refractivity contribution < 1.29 is 17.9 Å². The highest BCUT2D eigenvalue weighted by Crippen LogP contribution is 2.32. The van der Waals surface area contributed by atoms with Crippen molar-refractivity contribution in [2.75, 3.05) is 79.2 Å². The van der Waals surface area contributed by atoms with Crippen LogP contribution in [0.15, 0.2) is 0 Å². The first-order valence-corrected chi connectivity index (χ1v) is 10.8. The molecule has 0 aliphatic carbocycles. The lowest BCUT2D eigenvalue weighted by Gasteiger charge is -2.43. The molecule has 3 heterocycles. The molecule has 0 bridgehead atoms. The van der Waals surface area contributed by atoms with Gasteiger partial charge in [-0.05, 0) is 19.9 Å². The summed E-state index contributed by atoms with van der Waals surface area (Å²) in [5, 5.41) is 0. The second-order valence-electron chi connectivity index (χ2n) is 7.50. The Hall–Kier alpha value is -0.490. The van der Waals surface area contributed by atoms with Crippen molar-refractivity contribution in [2.45, 2.75) is 12.8 Å². The lowest BCUT2D eigenvalue weighted by molar-refractivity contribution is -0.148. The summed E-state index contributed by atoms with van der Waals surface area (Å²) < 4.78 is 34.1. The first-order valence-electron chi connectivity index (χ1n) is 9.40. The van der Waals surface area contributed by atoms with Crippen LogP contribution >= 0.6 is 12.4 Å². The highest BCUT2D eigenvalue weighted by molar-refractivity contribution is 7.86. The number of carbonyl (C=O) groups is 1. The van der Waals surface area contributed by atoms with E-state index in [1.54, 1.807) is 9.21 Å². The SMILES string of the molecule is CN1CCN(S(=O)(=O)N2CCN(C(=O)C3(CN)CCOCC3)CC2)CC1.Cl. The number of likely N-dealkylation sites (N-methyl/N-ethyl adjacent to an activating group) is 1. The van der Waals surface area contributed by atoms with Crippen LogP contribution in [0.2, 0.25) is 0 Å². The molecule has 0 aromatic heterocycles. The monoisotopic (exact) mass is 425 g/mol. The van der Waals surface area contributed by atoms with E-state index in [2.05, 4.69) is 4.90 Å². The second-order valence-corrected chi connectivity index (χ2v) is 9.43. The summed E-state index contributed by atoms with van der Waals surface area (Å²) >= 11 is 0. The predicted molar refractivity (Wildman–Crippen MR) is 105 cm³/mol. The molecular weight excluding hydrogens is 394 g/mol. The molecule has 0 atom stereocenters. The Labute approximate surface area is 168 Å². The molecule has 3 aliphatic rings. The smallest absolute Gasteiger partial charge is 0.282 e. The van der Waals surface area contributed by atoms with Crippen LogP contribution in [-0.2, 0) is 19.7 Å². The number of carbonyl (C=O) groups excluding carboxylic acids is 1. The van der Waals surface area contributed by atoms with Crippen LogP contribution < -0.4 is 5.73 Å². The highest BCUT2D eigenvalue weighted by atomic mass is 35.5. The summed E-state index contributed by atoms with van der Waals surface area (Å²) in [7, 11) is -1.45. The van der Waals surface area contributed by atoms with Crippen LogP contribution in [0.25, 0.3) is 0 Å². The molecule has 3 aliphatic heterocycles. The third kappa shape index (κ3) is 4.75. The van der Waals surface area contributed by atoms with Gasteiger partial charge in [0, 0.05) is 72.1 Å². The molecule has 3 fully saturated rings. The zero-order valence-corrected chi connectivity index (χ0v) is 17.6. The van der Waals surface area contributed by atoms with E-state index in [0.717, 1.165) is 13.1 Å². The standard InChI is InChI=1S/C16H31N5O4S.ClH/c1-18-4-8-20(9-5-18)26(23,24)21-10-6-19(7-11-21)15(22)16(14-17)2-12-25-13-3-16;/h2-14,17H2,1H3;1H. The average Bonchev–Trinajstić information content (AvgIpc) is 2.68. The first kappa shape index (κ1) is 22.8. The van der Waals surface area contributed by atoms with Gasteiger partial charge in [0.15, 0.2) is 0 Å². The number of rotatable bonds is 4. The lowest BCUT2D eigenvalue weighted by Crippen LogP contribution is -2.59. The van der Waals surface area contributed by atoms with Gasteiger partial charge in [-0.2, -0.15) is 17.0 Å². The van der Waals surface area contributed by atoms with Crippen molar-refractivity contribution in [1.29, 1.82) is 0 Å². The van der Waals surface area contributed by atoms with Gasteiger partial charge in [-0.3, -0.25) is 4.79 Å². The Bertz CT molecular complexity index is 598. The molecule has 3 rings (SSSR count). The van der Waals surface area contributed by atoms with Gasteiger partial charge in [0.1, 0.15) is 0 Å². The quantitative estimate of drug-likeness (QED) is 0.607. The number of nitrogens with zero attached hydrogens (tertiary/aromatic N) is 4. The maximum absolute atomic E-state index is 13.0. The van der Waals surface area contributed by atoms with Crippen LogP contribution in [0.1, 0.15) is 12.8 Å². The van der Waals surface area contributed by atoms with Gasteiger partial charge in [0.25, 0.3) is 10.2 Å². The third-order valence-electron chi connectivity index (χ3n) is 5.93. The van der Waals surface area contributed by atoms with Crippen molar-refractivity contribution in [3.63, 3.8) is 0 Å². The number of ether oxygens (including phenoxy) is 1. The largest absolute Gasteiger partial charge is 0.381 e. The molecule has 0 aromatic rings. The number of halogens is 1. The number of nitrogens with two attached hydrogens (primary N) is 1. The Morgan fingerprint density at radius 2 is 1.44 bits per heavy atom.